The van der Waals surface area contributed by atoms with Gasteiger partial charge in [-0.3, -0.25) is 4.68 Å². The van der Waals surface area contributed by atoms with Crippen LogP contribution >= 0.6 is 0 Å². The summed E-state index contributed by atoms with van der Waals surface area (Å²) < 4.78 is 70.9. The Morgan fingerprint density at radius 2 is 1.00 bits per heavy atom. The van der Waals surface area contributed by atoms with E-state index in [9.17, 15) is 46.0 Å². The van der Waals surface area contributed by atoms with E-state index >= 15 is 0 Å². The molecule has 24 heteroatoms. The number of rotatable bonds is 23. The molecule has 0 amide bonds. The van der Waals surface area contributed by atoms with Crippen LogP contribution in [-0.4, -0.2) is 244 Å². The number of aliphatic hydroxyl groups is 9. The molecule has 0 radical (unpaired) electrons. The molecule has 4 aliphatic heterocycles. The van der Waals surface area contributed by atoms with Crippen molar-refractivity contribution in [3.05, 3.63) is 11.9 Å². The van der Waals surface area contributed by atoms with Gasteiger partial charge in [0.05, 0.1) is 32.1 Å². The number of aliphatic hydroxyl groups excluding tert-OH is 9. The molecule has 9 N–H and O–H groups in total. The summed E-state index contributed by atoms with van der Waals surface area (Å²) in [7, 11) is 2.65. The number of nitrogens with zero attached hydrogens (tertiary/aromatic N) is 3. The highest BCUT2D eigenvalue weighted by molar-refractivity contribution is 4.96. The summed E-state index contributed by atoms with van der Waals surface area (Å²) in [5.41, 5.74) is 0.728. The number of methoxy groups -OCH3 is 2. The number of ether oxygens (including phenoxy) is 12. The number of hydrogen-bond acceptors (Lipinski definition) is 23. The number of aryl methyl sites for hydroxylation is 2. The highest BCUT2D eigenvalue weighted by atomic mass is 16.8. The first kappa shape index (κ1) is 51.3. The average molecular weight is 902 g/mol. The second-order valence-corrected chi connectivity index (χ2v) is 15.5. The Balaban J connectivity index is 1.28. The van der Waals surface area contributed by atoms with Gasteiger partial charge in [0.2, 0.25) is 0 Å². The molecule has 0 unspecified atom stereocenters. The maximum Gasteiger partial charge on any atom is 0.186 e. The molecule has 62 heavy (non-hydrogen) atoms. The van der Waals surface area contributed by atoms with Crippen molar-refractivity contribution in [2.45, 2.75) is 169 Å². The van der Waals surface area contributed by atoms with Gasteiger partial charge in [0.15, 0.2) is 25.2 Å². The van der Waals surface area contributed by atoms with Gasteiger partial charge < -0.3 is 103 Å². The molecule has 0 spiro atoms. The van der Waals surface area contributed by atoms with Crippen LogP contribution in [0.1, 0.15) is 39.3 Å². The molecule has 0 bridgehead atoms. The van der Waals surface area contributed by atoms with Crippen LogP contribution in [0.2, 0.25) is 0 Å². The maximum atomic E-state index is 11.5. The van der Waals surface area contributed by atoms with Crippen LogP contribution in [0.25, 0.3) is 0 Å². The van der Waals surface area contributed by atoms with Crippen LogP contribution in [0.5, 0.6) is 0 Å². The van der Waals surface area contributed by atoms with E-state index in [4.69, 9.17) is 56.8 Å². The van der Waals surface area contributed by atoms with Crippen LogP contribution in [0.4, 0.5) is 0 Å². The van der Waals surface area contributed by atoms with Crippen LogP contribution in [0.3, 0.4) is 0 Å². The molecule has 5 rings (SSSR count). The van der Waals surface area contributed by atoms with Crippen molar-refractivity contribution in [3.63, 3.8) is 0 Å². The lowest BCUT2D eigenvalue weighted by molar-refractivity contribution is -0.351. The lowest BCUT2D eigenvalue weighted by Gasteiger charge is -2.46. The van der Waals surface area contributed by atoms with Gasteiger partial charge in [-0.1, -0.05) is 12.1 Å². The summed E-state index contributed by atoms with van der Waals surface area (Å²) in [6.07, 6.45) is -24.6. The van der Waals surface area contributed by atoms with Gasteiger partial charge in [-0.15, -0.1) is 5.10 Å². The van der Waals surface area contributed by atoms with E-state index < -0.39 is 136 Å². The zero-order valence-corrected chi connectivity index (χ0v) is 35.7. The second kappa shape index (κ2) is 24.7. The summed E-state index contributed by atoms with van der Waals surface area (Å²) >= 11 is 0. The minimum absolute atomic E-state index is 0.0824. The third-order valence-corrected chi connectivity index (χ3v) is 11.1. The number of hydrogen-bond donors (Lipinski definition) is 9. The Labute approximate surface area is 359 Å². The van der Waals surface area contributed by atoms with Gasteiger partial charge in [-0.25, -0.2) is 0 Å². The van der Waals surface area contributed by atoms with E-state index in [2.05, 4.69) is 10.3 Å². The highest BCUT2D eigenvalue weighted by Crippen LogP contribution is 2.31. The summed E-state index contributed by atoms with van der Waals surface area (Å²) in [5.74, 6) is 0. The fourth-order valence-electron chi connectivity index (χ4n) is 7.66. The fraction of sp³-hybridized carbons (Fsp3) is 0.947. The Bertz CT molecular complexity index is 1420. The summed E-state index contributed by atoms with van der Waals surface area (Å²) in [5, 5.41) is 106. The normalized spacial score (nSPS) is 41.7. The van der Waals surface area contributed by atoms with Gasteiger partial charge in [-0.2, -0.15) is 0 Å². The number of aromatic nitrogens is 3. The molecule has 24 nitrogen and oxygen atoms in total. The third-order valence-electron chi connectivity index (χ3n) is 11.1. The van der Waals surface area contributed by atoms with Crippen molar-refractivity contribution >= 4 is 0 Å². The molecule has 5 heterocycles. The van der Waals surface area contributed by atoms with Gasteiger partial charge in [0.25, 0.3) is 0 Å². The monoisotopic (exact) mass is 901 g/mol. The Hall–Kier alpha value is -1.70. The highest BCUT2D eigenvalue weighted by Gasteiger charge is 2.52. The van der Waals surface area contributed by atoms with Gasteiger partial charge in [-0.05, 0) is 33.1 Å². The van der Waals surface area contributed by atoms with Gasteiger partial charge in [0.1, 0.15) is 97.7 Å². The first-order chi connectivity index (χ1) is 29.8. The summed E-state index contributed by atoms with van der Waals surface area (Å²) in [4.78, 5) is 0. The molecular formula is C38H67N3O21. The van der Waals surface area contributed by atoms with Crippen LogP contribution in [0, 0.1) is 0 Å². The van der Waals surface area contributed by atoms with Gasteiger partial charge >= 0.3 is 0 Å². The van der Waals surface area contributed by atoms with Crippen molar-refractivity contribution in [3.8, 4) is 0 Å². The molecule has 0 aromatic carbocycles. The SMILES string of the molecule is CCCO[C@H]1[C@H](O)[C@@H](O)[C@@H](OC[C@H]2O[C@H](OC)[C@H](O)[C@@H](O)[C@@H]2OCC)O[C@@H]1CO[C@H]1O[C@H](CO[C@H]2O[C@H](COC)[C@@H](O)[C@H](O)[C@H]2O)[C@@H](OCCCc2cn(CC)nn2)[C@H](O)[C@H]1O. The summed E-state index contributed by atoms with van der Waals surface area (Å²) in [6.45, 7) is 5.15. The van der Waals surface area contributed by atoms with Crippen molar-refractivity contribution < 1.29 is 103 Å². The smallest absolute Gasteiger partial charge is 0.186 e. The second-order valence-electron chi connectivity index (χ2n) is 15.5. The zero-order valence-electron chi connectivity index (χ0n) is 35.7. The summed E-state index contributed by atoms with van der Waals surface area (Å²) in [6, 6.07) is 0. The molecule has 1 aromatic rings. The first-order valence-electron chi connectivity index (χ1n) is 21.1. The van der Waals surface area contributed by atoms with E-state index in [1.54, 1.807) is 17.8 Å². The van der Waals surface area contributed by atoms with Crippen molar-refractivity contribution in [2.24, 2.45) is 0 Å². The van der Waals surface area contributed by atoms with Crippen LogP contribution in [0.15, 0.2) is 6.20 Å². The Kier molecular flexibility index (Phi) is 20.4. The van der Waals surface area contributed by atoms with E-state index in [0.717, 1.165) is 5.69 Å². The topological polar surface area (TPSA) is 324 Å². The molecule has 1 aromatic heterocycles. The quantitative estimate of drug-likeness (QED) is 0.0466. The lowest BCUT2D eigenvalue weighted by Crippen LogP contribution is -2.64. The molecular weight excluding hydrogens is 834 g/mol. The molecule has 0 saturated carbocycles. The standard InChI is InChI=1S/C38H67N3O21/c1-6-11-54-33-21(61-37(30(49)26(33)45)57-15-20-32(53-8-3)25(44)29(48)35(52-5)60-20)16-58-38-31(50)27(46)34(55-12-9-10-18-13-41(7-2)40-39-18)22(62-38)17-56-36-28(47)24(43)23(42)19(59-36)14-51-4/h13,19-38,42-50H,6-12,14-17H2,1-5H3/t19-,20-,21-,22-,23-,24+,25-,26-,27-,28-,29-,30-,31-,32-,33-,34-,35+,36+,37+,38+/m1/s1. The zero-order chi connectivity index (χ0) is 45.1. The largest absolute Gasteiger partial charge is 0.387 e. The molecule has 4 fully saturated rings. The molecule has 4 aliphatic rings. The predicted octanol–water partition coefficient (Wildman–Crippen LogP) is -4.69. The minimum Gasteiger partial charge on any atom is -0.387 e. The van der Waals surface area contributed by atoms with Crippen LogP contribution < -0.4 is 0 Å². The minimum atomic E-state index is -1.71. The van der Waals surface area contributed by atoms with Crippen molar-refractivity contribution in [2.75, 3.05) is 60.5 Å². The van der Waals surface area contributed by atoms with E-state index in [0.29, 0.717) is 25.8 Å². The van der Waals surface area contributed by atoms with Gasteiger partial charge in [0, 0.05) is 46.8 Å². The van der Waals surface area contributed by atoms with E-state index in [1.807, 2.05) is 13.8 Å². The lowest BCUT2D eigenvalue weighted by atomic mass is 9.97. The molecule has 20 atom stereocenters. The van der Waals surface area contributed by atoms with Crippen molar-refractivity contribution in [1.29, 1.82) is 0 Å². The third kappa shape index (κ3) is 12.6. The fourth-order valence-corrected chi connectivity index (χ4v) is 7.66. The average Bonchev–Trinajstić information content (AvgIpc) is 3.74. The Morgan fingerprint density at radius 3 is 1.47 bits per heavy atom. The first-order valence-corrected chi connectivity index (χ1v) is 21.1. The molecule has 4 saturated heterocycles. The van der Waals surface area contributed by atoms with Crippen molar-refractivity contribution in [1.82, 2.24) is 15.0 Å². The predicted molar refractivity (Wildman–Crippen MR) is 205 cm³/mol. The van der Waals surface area contributed by atoms with E-state index in [1.165, 1.54) is 14.2 Å². The molecule has 360 valence electrons. The van der Waals surface area contributed by atoms with E-state index in [-0.39, 0.29) is 33.0 Å². The van der Waals surface area contributed by atoms with Crippen LogP contribution in [-0.2, 0) is 69.8 Å². The Morgan fingerprint density at radius 1 is 0.532 bits per heavy atom. The molecule has 0 aliphatic carbocycles. The maximum absolute atomic E-state index is 11.5.